The third-order valence-corrected chi connectivity index (χ3v) is 3.26. The molecule has 0 unspecified atom stereocenters. The fourth-order valence-electron chi connectivity index (χ4n) is 1.75. The second-order valence-electron chi connectivity index (χ2n) is 4.03. The van der Waals surface area contributed by atoms with Crippen LogP contribution in [0.4, 0.5) is 0 Å². The van der Waals surface area contributed by atoms with Gasteiger partial charge in [-0.15, -0.1) is 0 Å². The van der Waals surface area contributed by atoms with Crippen molar-refractivity contribution in [2.45, 2.75) is 12.8 Å². The van der Waals surface area contributed by atoms with Crippen molar-refractivity contribution in [3.05, 3.63) is 69.7 Å². The third kappa shape index (κ3) is 3.34. The van der Waals surface area contributed by atoms with Crippen LogP contribution in [0.25, 0.3) is 0 Å². The molecule has 0 aliphatic heterocycles. The number of rotatable bonds is 4. The largest absolute Gasteiger partial charge is 0.294 e. The van der Waals surface area contributed by atoms with Crippen LogP contribution in [0.1, 0.15) is 22.3 Å². The zero-order chi connectivity index (χ0) is 13.0. The van der Waals surface area contributed by atoms with Gasteiger partial charge in [-0.2, -0.15) is 0 Å². The molecule has 0 aliphatic carbocycles. The molecule has 2 rings (SSSR count). The summed E-state index contributed by atoms with van der Waals surface area (Å²) >= 11 is 11.8. The van der Waals surface area contributed by atoms with E-state index in [-0.39, 0.29) is 5.78 Å². The van der Waals surface area contributed by atoms with E-state index in [2.05, 4.69) is 0 Å². The van der Waals surface area contributed by atoms with Crippen LogP contribution in [0.3, 0.4) is 0 Å². The number of ketones is 1. The molecular weight excluding hydrogens is 267 g/mol. The second-order valence-corrected chi connectivity index (χ2v) is 4.88. The Hall–Kier alpha value is -1.31. The molecule has 0 saturated carbocycles. The quantitative estimate of drug-likeness (QED) is 0.734. The smallest absolute Gasteiger partial charge is 0.164 e. The first-order valence-electron chi connectivity index (χ1n) is 5.69. The van der Waals surface area contributed by atoms with Gasteiger partial charge in [0, 0.05) is 17.0 Å². The van der Waals surface area contributed by atoms with Gasteiger partial charge in [0.2, 0.25) is 0 Å². The van der Waals surface area contributed by atoms with Gasteiger partial charge < -0.3 is 0 Å². The van der Waals surface area contributed by atoms with Gasteiger partial charge in [0.25, 0.3) is 0 Å². The first-order valence-corrected chi connectivity index (χ1v) is 6.44. The van der Waals surface area contributed by atoms with E-state index in [1.807, 2.05) is 30.3 Å². The molecule has 0 amide bonds. The van der Waals surface area contributed by atoms with E-state index in [0.29, 0.717) is 22.0 Å². The fraction of sp³-hybridized carbons (Fsp3) is 0.133. The van der Waals surface area contributed by atoms with Gasteiger partial charge >= 0.3 is 0 Å². The minimum absolute atomic E-state index is 0.0421. The number of carbonyl (C=O) groups excluding carboxylic acids is 1. The average molecular weight is 279 g/mol. The summed E-state index contributed by atoms with van der Waals surface area (Å²) in [5, 5.41) is 0.958. The van der Waals surface area contributed by atoms with Gasteiger partial charge in [-0.1, -0.05) is 53.5 Å². The lowest BCUT2D eigenvalue weighted by Crippen LogP contribution is -2.02. The van der Waals surface area contributed by atoms with Gasteiger partial charge in [-0.05, 0) is 30.2 Å². The van der Waals surface area contributed by atoms with Crippen LogP contribution in [0.2, 0.25) is 10.0 Å². The van der Waals surface area contributed by atoms with Crippen molar-refractivity contribution < 1.29 is 4.79 Å². The first kappa shape index (κ1) is 13.1. The number of carbonyl (C=O) groups is 1. The molecule has 0 N–H and O–H groups in total. The molecule has 0 saturated heterocycles. The van der Waals surface area contributed by atoms with Crippen LogP contribution in [0.15, 0.2) is 48.5 Å². The molecule has 18 heavy (non-hydrogen) atoms. The van der Waals surface area contributed by atoms with E-state index in [4.69, 9.17) is 23.2 Å². The monoisotopic (exact) mass is 278 g/mol. The summed E-state index contributed by atoms with van der Waals surface area (Å²) in [5.41, 5.74) is 1.69. The maximum Gasteiger partial charge on any atom is 0.164 e. The number of aryl methyl sites for hydroxylation is 1. The number of Topliss-reactive ketones (excluding diaryl/α,β-unsaturated/α-hetero) is 1. The summed E-state index contributed by atoms with van der Waals surface area (Å²) in [6, 6.07) is 14.9. The summed E-state index contributed by atoms with van der Waals surface area (Å²) in [4.78, 5) is 12.0. The lowest BCUT2D eigenvalue weighted by Gasteiger charge is -2.04. The fourth-order valence-corrected chi connectivity index (χ4v) is 2.27. The van der Waals surface area contributed by atoms with E-state index in [1.54, 1.807) is 18.2 Å². The normalized spacial score (nSPS) is 10.3. The molecule has 2 aromatic carbocycles. The van der Waals surface area contributed by atoms with Crippen molar-refractivity contribution in [2.24, 2.45) is 0 Å². The Balaban J connectivity index is 2.04. The predicted octanol–water partition coefficient (Wildman–Crippen LogP) is 4.81. The van der Waals surface area contributed by atoms with Crippen LogP contribution in [-0.2, 0) is 6.42 Å². The molecule has 2 aromatic rings. The highest BCUT2D eigenvalue weighted by Crippen LogP contribution is 2.22. The number of hydrogen-bond acceptors (Lipinski definition) is 1. The molecule has 0 radical (unpaired) electrons. The van der Waals surface area contributed by atoms with Crippen molar-refractivity contribution in [1.82, 2.24) is 0 Å². The van der Waals surface area contributed by atoms with Crippen molar-refractivity contribution in [1.29, 1.82) is 0 Å². The highest BCUT2D eigenvalue weighted by molar-refractivity contribution is 6.36. The van der Waals surface area contributed by atoms with Crippen molar-refractivity contribution in [3.63, 3.8) is 0 Å². The summed E-state index contributed by atoms with van der Waals surface area (Å²) in [5.74, 6) is 0.0421. The van der Waals surface area contributed by atoms with E-state index in [1.165, 1.54) is 0 Å². The van der Waals surface area contributed by atoms with Crippen LogP contribution in [0, 0.1) is 0 Å². The van der Waals surface area contributed by atoms with Gasteiger partial charge in [0.1, 0.15) is 0 Å². The molecule has 0 bridgehead atoms. The van der Waals surface area contributed by atoms with Crippen molar-refractivity contribution in [3.8, 4) is 0 Å². The molecule has 1 nitrogen and oxygen atoms in total. The number of hydrogen-bond donors (Lipinski definition) is 0. The summed E-state index contributed by atoms with van der Waals surface area (Å²) in [6.45, 7) is 0. The van der Waals surface area contributed by atoms with E-state index in [0.717, 1.165) is 12.0 Å². The molecule has 0 aromatic heterocycles. The Morgan fingerprint density at radius 1 is 1.00 bits per heavy atom. The standard InChI is InChI=1S/C15H12Cl2O/c16-12-7-8-13(14(17)10-12)15(18)9-6-11-4-2-1-3-5-11/h1-5,7-8,10H,6,9H2. The van der Waals surface area contributed by atoms with Gasteiger partial charge in [-0.3, -0.25) is 4.79 Å². The topological polar surface area (TPSA) is 17.1 Å². The van der Waals surface area contributed by atoms with Crippen LogP contribution < -0.4 is 0 Å². The van der Waals surface area contributed by atoms with E-state index >= 15 is 0 Å². The zero-order valence-corrected chi connectivity index (χ0v) is 11.2. The van der Waals surface area contributed by atoms with Crippen LogP contribution in [0.5, 0.6) is 0 Å². The molecule has 0 aliphatic rings. The number of benzene rings is 2. The predicted molar refractivity (Wildman–Crippen MR) is 75.6 cm³/mol. The molecule has 0 heterocycles. The first-order chi connectivity index (χ1) is 8.66. The third-order valence-electron chi connectivity index (χ3n) is 2.72. The maximum atomic E-state index is 12.0. The molecule has 0 atom stereocenters. The summed E-state index contributed by atoms with van der Waals surface area (Å²) in [6.07, 6.45) is 1.17. The van der Waals surface area contributed by atoms with Crippen LogP contribution >= 0.6 is 23.2 Å². The highest BCUT2D eigenvalue weighted by atomic mass is 35.5. The summed E-state index contributed by atoms with van der Waals surface area (Å²) in [7, 11) is 0. The Kier molecular flexibility index (Phi) is 4.40. The van der Waals surface area contributed by atoms with Gasteiger partial charge in [0.15, 0.2) is 5.78 Å². The van der Waals surface area contributed by atoms with E-state index < -0.39 is 0 Å². The molecule has 0 fully saturated rings. The molecule has 92 valence electrons. The Labute approximate surface area is 116 Å². The van der Waals surface area contributed by atoms with E-state index in [9.17, 15) is 4.79 Å². The molecular formula is C15H12Cl2O. The molecule has 3 heteroatoms. The zero-order valence-electron chi connectivity index (χ0n) is 9.70. The van der Waals surface area contributed by atoms with Crippen molar-refractivity contribution >= 4 is 29.0 Å². The highest BCUT2D eigenvalue weighted by Gasteiger charge is 2.10. The minimum Gasteiger partial charge on any atom is -0.294 e. The second kappa shape index (κ2) is 6.03. The Morgan fingerprint density at radius 3 is 2.39 bits per heavy atom. The summed E-state index contributed by atoms with van der Waals surface area (Å²) < 4.78 is 0. The minimum atomic E-state index is 0.0421. The van der Waals surface area contributed by atoms with Gasteiger partial charge in [-0.25, -0.2) is 0 Å². The maximum absolute atomic E-state index is 12.0. The van der Waals surface area contributed by atoms with Crippen LogP contribution in [-0.4, -0.2) is 5.78 Å². The van der Waals surface area contributed by atoms with Gasteiger partial charge in [0.05, 0.1) is 5.02 Å². The SMILES string of the molecule is O=C(CCc1ccccc1)c1ccc(Cl)cc1Cl. The Morgan fingerprint density at radius 2 is 1.72 bits per heavy atom. The number of halogens is 2. The van der Waals surface area contributed by atoms with Crippen molar-refractivity contribution in [2.75, 3.05) is 0 Å². The lowest BCUT2D eigenvalue weighted by atomic mass is 10.0. The molecule has 0 spiro atoms. The average Bonchev–Trinajstić information content (AvgIpc) is 2.37. The Bertz CT molecular complexity index is 550. The lowest BCUT2D eigenvalue weighted by molar-refractivity contribution is 0.0983.